The van der Waals surface area contributed by atoms with Gasteiger partial charge in [-0.1, -0.05) is 0 Å². The minimum Gasteiger partial charge on any atom is -0.465 e. The van der Waals surface area contributed by atoms with Crippen LogP contribution >= 0.6 is 15.9 Å². The lowest BCUT2D eigenvalue weighted by molar-refractivity contribution is 0.0599. The van der Waals surface area contributed by atoms with Gasteiger partial charge in [0.2, 0.25) is 0 Å². The fourth-order valence-electron chi connectivity index (χ4n) is 2.58. The van der Waals surface area contributed by atoms with E-state index in [1.54, 1.807) is 41.3 Å². The van der Waals surface area contributed by atoms with E-state index < -0.39 is 17.8 Å². The van der Waals surface area contributed by atoms with E-state index in [1.165, 1.54) is 32.4 Å². The molecule has 0 unspecified atom stereocenters. The molecule has 0 saturated carbocycles. The average molecular weight is 458 g/mol. The Hall–Kier alpha value is -3.46. The second kappa shape index (κ2) is 8.70. The van der Waals surface area contributed by atoms with Crippen molar-refractivity contribution in [3.8, 4) is 5.69 Å². The fourth-order valence-corrected chi connectivity index (χ4v) is 2.87. The number of hydrogen-bond donors (Lipinski definition) is 1. The quantitative estimate of drug-likeness (QED) is 0.588. The standard InChI is InChI=1S/C20H16BrN3O5/c1-28-19(26)13-7-14(20(27)29-2)9-16(8-13)23-18(25)12-3-5-17(6-4-12)24-11-15(21)10-22-24/h3-11H,1-2H3,(H,23,25). The maximum Gasteiger partial charge on any atom is 0.337 e. The van der Waals surface area contributed by atoms with Gasteiger partial charge in [0.25, 0.3) is 5.91 Å². The van der Waals surface area contributed by atoms with E-state index in [0.29, 0.717) is 5.56 Å². The Morgan fingerprint density at radius 3 is 2.00 bits per heavy atom. The number of halogens is 1. The van der Waals surface area contributed by atoms with Crippen molar-refractivity contribution >= 4 is 39.5 Å². The van der Waals surface area contributed by atoms with Gasteiger partial charge in [-0.25, -0.2) is 14.3 Å². The van der Waals surface area contributed by atoms with Gasteiger partial charge in [0.15, 0.2) is 0 Å². The third-order valence-corrected chi connectivity index (χ3v) is 4.39. The molecule has 0 aliphatic rings. The Kier molecular flexibility index (Phi) is 6.08. The van der Waals surface area contributed by atoms with Gasteiger partial charge in [-0.3, -0.25) is 4.79 Å². The first-order valence-corrected chi connectivity index (χ1v) is 9.14. The zero-order valence-corrected chi connectivity index (χ0v) is 17.1. The number of anilines is 1. The summed E-state index contributed by atoms with van der Waals surface area (Å²) < 4.78 is 11.9. The highest BCUT2D eigenvalue weighted by atomic mass is 79.9. The van der Waals surface area contributed by atoms with E-state index in [-0.39, 0.29) is 16.8 Å². The minimum atomic E-state index is -0.638. The van der Waals surface area contributed by atoms with Crippen molar-refractivity contribution in [2.24, 2.45) is 0 Å². The summed E-state index contributed by atoms with van der Waals surface area (Å²) in [6.07, 6.45) is 3.45. The highest BCUT2D eigenvalue weighted by molar-refractivity contribution is 9.10. The topological polar surface area (TPSA) is 99.5 Å². The molecule has 0 radical (unpaired) electrons. The molecule has 29 heavy (non-hydrogen) atoms. The number of carbonyl (C=O) groups excluding carboxylic acids is 3. The number of carbonyl (C=O) groups is 3. The van der Waals surface area contributed by atoms with Gasteiger partial charge >= 0.3 is 11.9 Å². The molecule has 3 aromatic rings. The van der Waals surface area contributed by atoms with E-state index in [4.69, 9.17) is 9.47 Å². The van der Waals surface area contributed by atoms with Gasteiger partial charge in [0.1, 0.15) is 0 Å². The number of nitrogens with zero attached hydrogens (tertiary/aromatic N) is 2. The minimum absolute atomic E-state index is 0.116. The fraction of sp³-hybridized carbons (Fsp3) is 0.100. The van der Waals surface area contributed by atoms with Crippen molar-refractivity contribution in [2.45, 2.75) is 0 Å². The summed E-state index contributed by atoms with van der Waals surface area (Å²) in [5, 5.41) is 6.85. The largest absolute Gasteiger partial charge is 0.465 e. The van der Waals surface area contributed by atoms with Crippen LogP contribution in [0.1, 0.15) is 31.1 Å². The molecule has 148 valence electrons. The number of hydrogen-bond acceptors (Lipinski definition) is 6. The van der Waals surface area contributed by atoms with Crippen LogP contribution in [0.3, 0.4) is 0 Å². The van der Waals surface area contributed by atoms with Gasteiger partial charge in [-0.15, -0.1) is 0 Å². The molecule has 0 saturated heterocycles. The van der Waals surface area contributed by atoms with Crippen LogP contribution in [-0.2, 0) is 9.47 Å². The predicted molar refractivity (Wildman–Crippen MR) is 108 cm³/mol. The van der Waals surface area contributed by atoms with Gasteiger partial charge in [0, 0.05) is 17.4 Å². The molecule has 3 rings (SSSR count). The zero-order chi connectivity index (χ0) is 21.0. The van der Waals surface area contributed by atoms with Gasteiger partial charge in [-0.05, 0) is 58.4 Å². The molecule has 2 aromatic carbocycles. The first-order chi connectivity index (χ1) is 13.9. The third kappa shape index (κ3) is 4.69. The Labute approximate surface area is 174 Å². The number of nitrogens with one attached hydrogen (secondary N) is 1. The molecule has 0 aliphatic carbocycles. The van der Waals surface area contributed by atoms with Crippen molar-refractivity contribution < 1.29 is 23.9 Å². The molecular weight excluding hydrogens is 442 g/mol. The predicted octanol–water partition coefficient (Wildman–Crippen LogP) is 3.46. The summed E-state index contributed by atoms with van der Waals surface area (Å²) in [6, 6.07) is 11.0. The summed E-state index contributed by atoms with van der Waals surface area (Å²) in [7, 11) is 2.45. The van der Waals surface area contributed by atoms with Crippen LogP contribution in [0.2, 0.25) is 0 Å². The molecule has 0 atom stereocenters. The van der Waals surface area contributed by atoms with Gasteiger partial charge in [-0.2, -0.15) is 5.10 Å². The summed E-state index contributed by atoms with van der Waals surface area (Å²) >= 11 is 3.33. The molecular formula is C20H16BrN3O5. The molecule has 0 aliphatic heterocycles. The number of rotatable bonds is 5. The lowest BCUT2D eigenvalue weighted by Crippen LogP contribution is -2.14. The van der Waals surface area contributed by atoms with E-state index in [1.807, 2.05) is 0 Å². The Morgan fingerprint density at radius 2 is 1.52 bits per heavy atom. The van der Waals surface area contributed by atoms with Gasteiger partial charge < -0.3 is 14.8 Å². The van der Waals surface area contributed by atoms with Crippen LogP contribution in [0.15, 0.2) is 59.3 Å². The van der Waals surface area contributed by atoms with E-state index in [0.717, 1.165) is 10.2 Å². The zero-order valence-electron chi connectivity index (χ0n) is 15.5. The molecule has 0 fully saturated rings. The smallest absolute Gasteiger partial charge is 0.337 e. The van der Waals surface area contributed by atoms with Crippen LogP contribution in [0.5, 0.6) is 0 Å². The number of esters is 2. The van der Waals surface area contributed by atoms with Gasteiger partial charge in [0.05, 0.1) is 41.7 Å². The van der Waals surface area contributed by atoms with E-state index in [2.05, 4.69) is 26.3 Å². The van der Waals surface area contributed by atoms with Crippen molar-refractivity contribution in [1.29, 1.82) is 0 Å². The molecule has 0 bridgehead atoms. The maximum absolute atomic E-state index is 12.6. The van der Waals surface area contributed by atoms with Crippen LogP contribution < -0.4 is 5.32 Å². The number of benzene rings is 2. The van der Waals surface area contributed by atoms with Crippen LogP contribution in [0.4, 0.5) is 5.69 Å². The summed E-state index contributed by atoms with van der Waals surface area (Å²) in [5.41, 5.74) is 1.67. The lowest BCUT2D eigenvalue weighted by Gasteiger charge is -2.10. The maximum atomic E-state index is 12.6. The van der Waals surface area contributed by atoms with Crippen LogP contribution in [-0.4, -0.2) is 41.8 Å². The second-order valence-electron chi connectivity index (χ2n) is 5.89. The molecule has 9 heteroatoms. The molecule has 1 aromatic heterocycles. The SMILES string of the molecule is COC(=O)c1cc(NC(=O)c2ccc(-n3cc(Br)cn3)cc2)cc(C(=O)OC)c1. The number of methoxy groups -OCH3 is 2. The third-order valence-electron chi connectivity index (χ3n) is 3.98. The normalized spacial score (nSPS) is 10.3. The Morgan fingerprint density at radius 1 is 0.931 bits per heavy atom. The molecule has 1 amide bonds. The number of amides is 1. The second-order valence-corrected chi connectivity index (χ2v) is 6.80. The van der Waals surface area contributed by atoms with E-state index in [9.17, 15) is 14.4 Å². The van der Waals surface area contributed by atoms with Crippen molar-refractivity contribution in [3.63, 3.8) is 0 Å². The first-order valence-electron chi connectivity index (χ1n) is 8.35. The van der Waals surface area contributed by atoms with E-state index >= 15 is 0 Å². The Bertz CT molecular complexity index is 1040. The summed E-state index contributed by atoms with van der Waals surface area (Å²) in [4.78, 5) is 36.3. The molecule has 0 spiro atoms. The molecule has 1 N–H and O–H groups in total. The lowest BCUT2D eigenvalue weighted by atomic mass is 10.1. The first kappa shape index (κ1) is 20.3. The summed E-state index contributed by atoms with van der Waals surface area (Å²) in [5.74, 6) is -1.68. The Balaban J connectivity index is 1.84. The highest BCUT2D eigenvalue weighted by Crippen LogP contribution is 2.19. The van der Waals surface area contributed by atoms with Crippen molar-refractivity contribution in [1.82, 2.24) is 9.78 Å². The van der Waals surface area contributed by atoms with Crippen molar-refractivity contribution in [3.05, 3.63) is 76.0 Å². The summed E-state index contributed by atoms with van der Waals surface area (Å²) in [6.45, 7) is 0. The highest BCUT2D eigenvalue weighted by Gasteiger charge is 2.15. The molecule has 1 heterocycles. The monoisotopic (exact) mass is 457 g/mol. The van der Waals surface area contributed by atoms with Crippen molar-refractivity contribution in [2.75, 3.05) is 19.5 Å². The average Bonchev–Trinajstić information content (AvgIpc) is 3.18. The number of aromatic nitrogens is 2. The van der Waals surface area contributed by atoms with Crippen LogP contribution in [0.25, 0.3) is 5.69 Å². The molecule has 8 nitrogen and oxygen atoms in total. The number of ether oxygens (including phenoxy) is 2. The van der Waals surface area contributed by atoms with Crippen LogP contribution in [0, 0.1) is 0 Å².